The summed E-state index contributed by atoms with van der Waals surface area (Å²) in [5.41, 5.74) is 0. The standard InChI is InChI=1S/C11H25NO2/c1-9(7-11(3)14)8-12-10(2)5-4-6-13/h9-14H,4-8H2,1-3H3. The molecular weight excluding hydrogens is 178 g/mol. The predicted molar refractivity (Wildman–Crippen MR) is 59.2 cm³/mol. The van der Waals surface area contributed by atoms with E-state index < -0.39 is 0 Å². The van der Waals surface area contributed by atoms with Crippen LogP contribution in [0.3, 0.4) is 0 Å². The van der Waals surface area contributed by atoms with Gasteiger partial charge in [0, 0.05) is 12.6 Å². The van der Waals surface area contributed by atoms with E-state index in [1.165, 1.54) is 0 Å². The zero-order valence-electron chi connectivity index (χ0n) is 9.66. The first-order chi connectivity index (χ1) is 6.56. The van der Waals surface area contributed by atoms with Gasteiger partial charge in [-0.1, -0.05) is 6.92 Å². The molecule has 0 fully saturated rings. The summed E-state index contributed by atoms with van der Waals surface area (Å²) >= 11 is 0. The van der Waals surface area contributed by atoms with Crippen LogP contribution in [0.5, 0.6) is 0 Å². The topological polar surface area (TPSA) is 52.5 Å². The van der Waals surface area contributed by atoms with Crippen molar-refractivity contribution >= 4 is 0 Å². The lowest BCUT2D eigenvalue weighted by Gasteiger charge is -2.18. The molecule has 86 valence electrons. The normalized spacial score (nSPS) is 17.8. The Balaban J connectivity index is 3.40. The quantitative estimate of drug-likeness (QED) is 0.554. The van der Waals surface area contributed by atoms with Crippen LogP contribution in [0, 0.1) is 5.92 Å². The average Bonchev–Trinajstić information content (AvgIpc) is 2.10. The van der Waals surface area contributed by atoms with E-state index in [0.29, 0.717) is 12.0 Å². The van der Waals surface area contributed by atoms with Crippen LogP contribution in [0.25, 0.3) is 0 Å². The predicted octanol–water partition coefficient (Wildman–Crippen LogP) is 1.14. The second-order valence-corrected chi connectivity index (χ2v) is 4.37. The molecule has 0 aliphatic carbocycles. The first-order valence-electron chi connectivity index (χ1n) is 5.58. The number of aliphatic hydroxyl groups excluding tert-OH is 2. The van der Waals surface area contributed by atoms with Gasteiger partial charge in [0.25, 0.3) is 0 Å². The van der Waals surface area contributed by atoms with Gasteiger partial charge in [0.1, 0.15) is 0 Å². The van der Waals surface area contributed by atoms with Gasteiger partial charge in [-0.25, -0.2) is 0 Å². The van der Waals surface area contributed by atoms with E-state index in [1.54, 1.807) is 0 Å². The first kappa shape index (κ1) is 13.9. The summed E-state index contributed by atoms with van der Waals surface area (Å²) in [5, 5.41) is 21.2. The van der Waals surface area contributed by atoms with Crippen molar-refractivity contribution in [3.63, 3.8) is 0 Å². The van der Waals surface area contributed by atoms with E-state index >= 15 is 0 Å². The maximum atomic E-state index is 9.17. The Morgan fingerprint density at radius 1 is 1.21 bits per heavy atom. The van der Waals surface area contributed by atoms with Crippen molar-refractivity contribution in [2.24, 2.45) is 5.92 Å². The zero-order valence-corrected chi connectivity index (χ0v) is 9.66. The summed E-state index contributed by atoms with van der Waals surface area (Å²) in [7, 11) is 0. The summed E-state index contributed by atoms with van der Waals surface area (Å²) in [6, 6.07) is 0.457. The van der Waals surface area contributed by atoms with E-state index in [2.05, 4.69) is 19.2 Å². The fourth-order valence-electron chi connectivity index (χ4n) is 1.57. The van der Waals surface area contributed by atoms with E-state index in [0.717, 1.165) is 25.8 Å². The first-order valence-corrected chi connectivity index (χ1v) is 5.58. The second-order valence-electron chi connectivity index (χ2n) is 4.37. The molecule has 0 aromatic heterocycles. The summed E-state index contributed by atoms with van der Waals surface area (Å²) < 4.78 is 0. The van der Waals surface area contributed by atoms with Gasteiger partial charge < -0.3 is 15.5 Å². The molecule has 0 bridgehead atoms. The highest BCUT2D eigenvalue weighted by Gasteiger charge is 2.07. The molecule has 0 spiro atoms. The molecule has 3 atom stereocenters. The van der Waals surface area contributed by atoms with Gasteiger partial charge in [-0.05, 0) is 45.6 Å². The Morgan fingerprint density at radius 3 is 2.36 bits per heavy atom. The molecule has 0 rings (SSSR count). The van der Waals surface area contributed by atoms with Crippen LogP contribution in [0.1, 0.15) is 40.0 Å². The minimum atomic E-state index is -0.209. The molecule has 0 saturated carbocycles. The van der Waals surface area contributed by atoms with Crippen LogP contribution in [-0.4, -0.2) is 35.5 Å². The molecule has 0 aliphatic rings. The van der Waals surface area contributed by atoms with Crippen molar-refractivity contribution in [1.82, 2.24) is 5.32 Å². The molecule has 3 N–H and O–H groups in total. The Hall–Kier alpha value is -0.120. The third-order valence-electron chi connectivity index (χ3n) is 2.35. The van der Waals surface area contributed by atoms with Crippen LogP contribution in [0.15, 0.2) is 0 Å². The molecular formula is C11H25NO2. The summed E-state index contributed by atoms with van der Waals surface area (Å²) in [5.74, 6) is 0.506. The molecule has 0 amide bonds. The third kappa shape index (κ3) is 8.48. The fourth-order valence-corrected chi connectivity index (χ4v) is 1.57. The highest BCUT2D eigenvalue weighted by atomic mass is 16.3. The molecule has 0 aromatic rings. The van der Waals surface area contributed by atoms with Gasteiger partial charge in [-0.15, -0.1) is 0 Å². The van der Waals surface area contributed by atoms with Gasteiger partial charge in [-0.3, -0.25) is 0 Å². The summed E-state index contributed by atoms with van der Waals surface area (Å²) in [6.45, 7) is 7.31. The molecule has 3 heteroatoms. The van der Waals surface area contributed by atoms with Crippen molar-refractivity contribution in [2.75, 3.05) is 13.2 Å². The lowest BCUT2D eigenvalue weighted by molar-refractivity contribution is 0.162. The Bertz CT molecular complexity index is 128. The summed E-state index contributed by atoms with van der Waals surface area (Å²) in [6.07, 6.45) is 2.51. The van der Waals surface area contributed by atoms with Crippen LogP contribution in [-0.2, 0) is 0 Å². The summed E-state index contributed by atoms with van der Waals surface area (Å²) in [4.78, 5) is 0. The highest BCUT2D eigenvalue weighted by Crippen LogP contribution is 2.05. The van der Waals surface area contributed by atoms with Crippen molar-refractivity contribution in [2.45, 2.75) is 52.2 Å². The molecule has 0 heterocycles. The molecule has 3 unspecified atom stereocenters. The third-order valence-corrected chi connectivity index (χ3v) is 2.35. The minimum absolute atomic E-state index is 0.209. The SMILES string of the molecule is CC(O)CC(C)CNC(C)CCCO. The number of rotatable bonds is 8. The van der Waals surface area contributed by atoms with Crippen LogP contribution in [0.2, 0.25) is 0 Å². The van der Waals surface area contributed by atoms with E-state index in [-0.39, 0.29) is 12.7 Å². The maximum Gasteiger partial charge on any atom is 0.0515 e. The van der Waals surface area contributed by atoms with Gasteiger partial charge in [0.2, 0.25) is 0 Å². The van der Waals surface area contributed by atoms with Crippen molar-refractivity contribution in [3.8, 4) is 0 Å². The molecule has 0 radical (unpaired) electrons. The minimum Gasteiger partial charge on any atom is -0.396 e. The van der Waals surface area contributed by atoms with Crippen LogP contribution < -0.4 is 5.32 Å². The van der Waals surface area contributed by atoms with Crippen LogP contribution >= 0.6 is 0 Å². The Kier molecular flexibility index (Phi) is 8.14. The van der Waals surface area contributed by atoms with Gasteiger partial charge in [-0.2, -0.15) is 0 Å². The number of nitrogens with one attached hydrogen (secondary N) is 1. The van der Waals surface area contributed by atoms with Crippen molar-refractivity contribution < 1.29 is 10.2 Å². The van der Waals surface area contributed by atoms with Crippen LogP contribution in [0.4, 0.5) is 0 Å². The van der Waals surface area contributed by atoms with E-state index in [1.807, 2.05) is 6.92 Å². The number of hydrogen-bond donors (Lipinski definition) is 3. The number of aliphatic hydroxyl groups is 2. The lowest BCUT2D eigenvalue weighted by atomic mass is 10.0. The Labute approximate surface area is 87.5 Å². The van der Waals surface area contributed by atoms with Crippen molar-refractivity contribution in [3.05, 3.63) is 0 Å². The fraction of sp³-hybridized carbons (Fsp3) is 1.00. The lowest BCUT2D eigenvalue weighted by Crippen LogP contribution is -2.31. The van der Waals surface area contributed by atoms with Crippen molar-refractivity contribution in [1.29, 1.82) is 0 Å². The zero-order chi connectivity index (χ0) is 11.0. The molecule has 0 aromatic carbocycles. The molecule has 3 nitrogen and oxygen atoms in total. The average molecular weight is 203 g/mol. The number of hydrogen-bond acceptors (Lipinski definition) is 3. The Morgan fingerprint density at radius 2 is 1.86 bits per heavy atom. The molecule has 14 heavy (non-hydrogen) atoms. The van der Waals surface area contributed by atoms with E-state index in [4.69, 9.17) is 10.2 Å². The maximum absolute atomic E-state index is 9.17. The molecule has 0 saturated heterocycles. The second kappa shape index (κ2) is 8.21. The monoisotopic (exact) mass is 203 g/mol. The van der Waals surface area contributed by atoms with E-state index in [9.17, 15) is 0 Å². The molecule has 0 aliphatic heterocycles. The van der Waals surface area contributed by atoms with Gasteiger partial charge in [0.05, 0.1) is 6.10 Å². The largest absolute Gasteiger partial charge is 0.396 e. The van der Waals surface area contributed by atoms with Gasteiger partial charge >= 0.3 is 0 Å². The highest BCUT2D eigenvalue weighted by molar-refractivity contribution is 4.65. The smallest absolute Gasteiger partial charge is 0.0515 e. The van der Waals surface area contributed by atoms with Gasteiger partial charge in [0.15, 0.2) is 0 Å².